The highest BCUT2D eigenvalue weighted by molar-refractivity contribution is 9.10. The molecule has 3 heterocycles. The second-order valence-corrected chi connectivity index (χ2v) is 11.4. The fourth-order valence-corrected chi connectivity index (χ4v) is 5.64. The molecule has 1 N–H and O–H groups in total. The van der Waals surface area contributed by atoms with Gasteiger partial charge in [0.15, 0.2) is 17.5 Å². The van der Waals surface area contributed by atoms with Gasteiger partial charge in [-0.3, -0.25) is 0 Å². The first-order valence-electron chi connectivity index (χ1n) is 12.4. The minimum Gasteiger partial charge on any atom is -0.492 e. The monoisotopic (exact) mass is 615 g/mol. The van der Waals surface area contributed by atoms with E-state index in [1.165, 1.54) is 6.07 Å². The number of fused-ring (bicyclic) bond motifs is 3. The summed E-state index contributed by atoms with van der Waals surface area (Å²) in [5, 5.41) is 13.2. The van der Waals surface area contributed by atoms with Crippen LogP contribution in [0, 0.1) is 11.6 Å². The molecule has 0 aliphatic heterocycles. The van der Waals surface area contributed by atoms with Gasteiger partial charge in [-0.05, 0) is 78.6 Å². The van der Waals surface area contributed by atoms with Crippen molar-refractivity contribution < 1.29 is 17.9 Å². The topological polar surface area (TPSA) is 68.3 Å². The molecule has 39 heavy (non-hydrogen) atoms. The second-order valence-electron chi connectivity index (χ2n) is 9.43. The van der Waals surface area contributed by atoms with Crippen LogP contribution in [0.4, 0.5) is 20.3 Å². The van der Waals surface area contributed by atoms with E-state index in [0.717, 1.165) is 80.2 Å². The minimum absolute atomic E-state index is 0.377. The van der Waals surface area contributed by atoms with Crippen molar-refractivity contribution in [3.8, 4) is 5.75 Å². The van der Waals surface area contributed by atoms with Crippen molar-refractivity contribution in [1.29, 1.82) is 0 Å². The molecule has 0 unspecified atom stereocenters. The number of nitrogens with one attached hydrogen (secondary N) is 1. The van der Waals surface area contributed by atoms with E-state index in [-0.39, 0.29) is 0 Å². The number of anilines is 2. The number of hydrogen-bond donors (Lipinski definition) is 1. The number of thioether (sulfide) groups is 1. The molecule has 0 aliphatic carbocycles. The molecule has 0 amide bonds. The third-order valence-electron chi connectivity index (χ3n) is 6.18. The SMILES string of the molecule is CN(C)Cc1ccc(CSCCCOc2cc3c4c(Nc5ccc(F)c(F)c5)nncc4n(C)c3cc2Br)o1. The number of hydrogen-bond acceptors (Lipinski definition) is 7. The molecule has 5 rings (SSSR count). The zero-order valence-electron chi connectivity index (χ0n) is 21.8. The second kappa shape index (κ2) is 11.9. The minimum atomic E-state index is -0.936. The van der Waals surface area contributed by atoms with Gasteiger partial charge in [-0.15, -0.1) is 5.10 Å². The molecular formula is C28H28BrF2N5O2S. The number of benzene rings is 2. The molecule has 7 nitrogen and oxygen atoms in total. The lowest BCUT2D eigenvalue weighted by atomic mass is 10.2. The van der Waals surface area contributed by atoms with Crippen LogP contribution >= 0.6 is 27.7 Å². The molecule has 5 aromatic rings. The highest BCUT2D eigenvalue weighted by Crippen LogP contribution is 2.38. The first kappa shape index (κ1) is 27.4. The Bertz CT molecular complexity index is 1620. The number of furan rings is 1. The van der Waals surface area contributed by atoms with E-state index >= 15 is 0 Å². The largest absolute Gasteiger partial charge is 0.492 e. The van der Waals surface area contributed by atoms with Crippen molar-refractivity contribution in [3.05, 3.63) is 76.3 Å². The van der Waals surface area contributed by atoms with Crippen LogP contribution in [0.25, 0.3) is 21.8 Å². The van der Waals surface area contributed by atoms with E-state index in [4.69, 9.17) is 9.15 Å². The van der Waals surface area contributed by atoms with Crippen LogP contribution in [0.15, 0.2) is 57.6 Å². The van der Waals surface area contributed by atoms with Crippen LogP contribution in [0.3, 0.4) is 0 Å². The van der Waals surface area contributed by atoms with Gasteiger partial charge in [-0.2, -0.15) is 16.9 Å². The average molecular weight is 617 g/mol. The molecule has 0 radical (unpaired) electrons. The first-order valence-corrected chi connectivity index (χ1v) is 14.3. The quantitative estimate of drug-likeness (QED) is 0.157. The summed E-state index contributed by atoms with van der Waals surface area (Å²) in [5.41, 5.74) is 2.18. The molecule has 0 aliphatic rings. The van der Waals surface area contributed by atoms with Gasteiger partial charge in [0.25, 0.3) is 0 Å². The lowest BCUT2D eigenvalue weighted by molar-refractivity contribution is 0.317. The van der Waals surface area contributed by atoms with Gasteiger partial charge in [-0.25, -0.2) is 8.78 Å². The van der Waals surface area contributed by atoms with Gasteiger partial charge in [0, 0.05) is 24.2 Å². The van der Waals surface area contributed by atoms with E-state index in [2.05, 4.69) is 36.3 Å². The zero-order chi connectivity index (χ0) is 27.5. The van der Waals surface area contributed by atoms with Crippen LogP contribution in [0.2, 0.25) is 0 Å². The Morgan fingerprint density at radius 1 is 1.08 bits per heavy atom. The summed E-state index contributed by atoms with van der Waals surface area (Å²) < 4.78 is 42.1. The van der Waals surface area contributed by atoms with E-state index in [1.807, 2.05) is 61.7 Å². The maximum absolute atomic E-state index is 13.8. The predicted octanol–water partition coefficient (Wildman–Crippen LogP) is 7.26. The van der Waals surface area contributed by atoms with Crippen molar-refractivity contribution in [3.63, 3.8) is 0 Å². The Hall–Kier alpha value is -3.15. The summed E-state index contributed by atoms with van der Waals surface area (Å²) in [4.78, 5) is 2.08. The van der Waals surface area contributed by atoms with Crippen LogP contribution < -0.4 is 10.1 Å². The number of rotatable bonds is 11. The van der Waals surface area contributed by atoms with Crippen molar-refractivity contribution in [2.75, 3.05) is 31.8 Å². The Labute approximate surface area is 237 Å². The molecule has 0 saturated carbocycles. The molecule has 0 atom stereocenters. The molecule has 0 spiro atoms. The summed E-state index contributed by atoms with van der Waals surface area (Å²) in [6, 6.07) is 11.7. The van der Waals surface area contributed by atoms with Crippen LogP contribution in [0.1, 0.15) is 17.9 Å². The number of aromatic nitrogens is 3. The van der Waals surface area contributed by atoms with Crippen molar-refractivity contribution >= 4 is 61.0 Å². The summed E-state index contributed by atoms with van der Waals surface area (Å²) in [5.74, 6) is 3.04. The molecule has 3 aromatic heterocycles. The number of nitrogens with zero attached hydrogens (tertiary/aromatic N) is 4. The number of ether oxygens (including phenoxy) is 1. The van der Waals surface area contributed by atoms with Gasteiger partial charge >= 0.3 is 0 Å². The van der Waals surface area contributed by atoms with E-state index in [0.29, 0.717) is 18.1 Å². The third-order valence-corrected chi connectivity index (χ3v) is 7.87. The standard InChI is InChI=1S/C28H28BrF2N5O2S/c1-35(2)15-18-6-7-19(38-18)16-39-10-4-9-37-26-12-20-24(13-21(26)29)36(3)25-14-32-34-28(27(20)25)33-17-5-8-22(30)23(31)11-17/h5-8,11-14H,4,9-10,15-16H2,1-3H3,(H,33,34). The van der Waals surface area contributed by atoms with Crippen molar-refractivity contribution in [1.82, 2.24) is 19.7 Å². The maximum atomic E-state index is 13.8. The van der Waals surface area contributed by atoms with Gasteiger partial charge in [0.05, 0.1) is 46.0 Å². The molecular weight excluding hydrogens is 588 g/mol. The van der Waals surface area contributed by atoms with E-state index in [9.17, 15) is 8.78 Å². The smallest absolute Gasteiger partial charge is 0.163 e. The van der Waals surface area contributed by atoms with E-state index in [1.54, 1.807) is 6.20 Å². The summed E-state index contributed by atoms with van der Waals surface area (Å²) in [6.45, 7) is 1.36. The Balaban J connectivity index is 1.27. The Morgan fingerprint density at radius 3 is 2.69 bits per heavy atom. The fraction of sp³-hybridized carbons (Fsp3) is 0.286. The van der Waals surface area contributed by atoms with E-state index < -0.39 is 11.6 Å². The number of halogens is 3. The Morgan fingerprint density at radius 2 is 1.90 bits per heavy atom. The summed E-state index contributed by atoms with van der Waals surface area (Å²) in [6.07, 6.45) is 2.56. The highest BCUT2D eigenvalue weighted by Gasteiger charge is 2.17. The molecule has 11 heteroatoms. The summed E-state index contributed by atoms with van der Waals surface area (Å²) in [7, 11) is 5.99. The van der Waals surface area contributed by atoms with Gasteiger partial charge in [-0.1, -0.05) is 0 Å². The Kier molecular flexibility index (Phi) is 8.39. The number of aryl methyl sites for hydroxylation is 1. The fourth-order valence-electron chi connectivity index (χ4n) is 4.37. The average Bonchev–Trinajstić information content (AvgIpc) is 3.45. The third kappa shape index (κ3) is 6.21. The molecule has 204 valence electrons. The molecule has 0 saturated heterocycles. The van der Waals surface area contributed by atoms with Gasteiger partial charge in [0.2, 0.25) is 0 Å². The summed E-state index contributed by atoms with van der Waals surface area (Å²) >= 11 is 5.46. The lowest BCUT2D eigenvalue weighted by Crippen LogP contribution is -2.09. The highest BCUT2D eigenvalue weighted by atomic mass is 79.9. The van der Waals surface area contributed by atoms with Crippen LogP contribution in [-0.2, 0) is 19.3 Å². The van der Waals surface area contributed by atoms with Crippen LogP contribution in [0.5, 0.6) is 5.75 Å². The zero-order valence-corrected chi connectivity index (χ0v) is 24.2. The lowest BCUT2D eigenvalue weighted by Gasteiger charge is -2.10. The van der Waals surface area contributed by atoms with Crippen molar-refractivity contribution in [2.45, 2.75) is 18.7 Å². The van der Waals surface area contributed by atoms with Gasteiger partial charge < -0.3 is 23.9 Å². The molecule has 0 fully saturated rings. The first-order chi connectivity index (χ1) is 18.8. The molecule has 2 aromatic carbocycles. The van der Waals surface area contributed by atoms with Crippen LogP contribution in [-0.4, -0.2) is 46.1 Å². The predicted molar refractivity (Wildman–Crippen MR) is 156 cm³/mol. The van der Waals surface area contributed by atoms with Crippen molar-refractivity contribution in [2.24, 2.45) is 7.05 Å². The molecule has 0 bridgehead atoms. The van der Waals surface area contributed by atoms with Gasteiger partial charge in [0.1, 0.15) is 17.3 Å². The normalized spacial score (nSPS) is 11.7. The maximum Gasteiger partial charge on any atom is 0.163 e.